The van der Waals surface area contributed by atoms with Crippen LogP contribution in [0.4, 0.5) is 5.88 Å². The third-order valence-corrected chi connectivity index (χ3v) is 4.34. The summed E-state index contributed by atoms with van der Waals surface area (Å²) in [6.07, 6.45) is -0.705. The maximum atomic E-state index is 12.3. The Kier molecular flexibility index (Phi) is 5.28. The number of carbonyl (C=O) groups excluding carboxylic acids is 1. The lowest BCUT2D eigenvalue weighted by atomic mass is 10.1. The van der Waals surface area contributed by atoms with Crippen molar-refractivity contribution < 1.29 is 14.1 Å². The van der Waals surface area contributed by atoms with Crippen LogP contribution in [0.2, 0.25) is 5.02 Å². The number of nitrogens with zero attached hydrogens (tertiary/aromatic N) is 1. The van der Waals surface area contributed by atoms with Gasteiger partial charge < -0.3 is 9.26 Å². The van der Waals surface area contributed by atoms with Crippen molar-refractivity contribution in [3.8, 4) is 17.0 Å². The molecule has 26 heavy (non-hydrogen) atoms. The minimum absolute atomic E-state index is 0.272. The van der Waals surface area contributed by atoms with Crippen LogP contribution in [0.5, 0.6) is 5.75 Å². The number of benzene rings is 2. The molecule has 0 spiro atoms. The normalized spacial score (nSPS) is 11.8. The molecule has 1 N–H and O–H groups in total. The van der Waals surface area contributed by atoms with Crippen molar-refractivity contribution in [2.45, 2.75) is 26.9 Å². The number of anilines is 1. The molecule has 6 heteroatoms. The Morgan fingerprint density at radius 2 is 1.88 bits per heavy atom. The highest BCUT2D eigenvalue weighted by Crippen LogP contribution is 2.24. The first-order valence-corrected chi connectivity index (χ1v) is 8.57. The fourth-order valence-corrected chi connectivity index (χ4v) is 2.48. The van der Waals surface area contributed by atoms with Gasteiger partial charge in [0.2, 0.25) is 5.88 Å². The molecule has 5 nitrogen and oxygen atoms in total. The topological polar surface area (TPSA) is 64.4 Å². The van der Waals surface area contributed by atoms with Crippen molar-refractivity contribution in [3.63, 3.8) is 0 Å². The van der Waals surface area contributed by atoms with Crippen LogP contribution in [0.25, 0.3) is 11.3 Å². The molecule has 0 bridgehead atoms. The third-order valence-electron chi connectivity index (χ3n) is 3.92. The van der Waals surface area contributed by atoms with E-state index in [0.717, 1.165) is 16.7 Å². The van der Waals surface area contributed by atoms with E-state index in [-0.39, 0.29) is 11.8 Å². The molecule has 0 aliphatic carbocycles. The predicted molar refractivity (Wildman–Crippen MR) is 102 cm³/mol. The summed E-state index contributed by atoms with van der Waals surface area (Å²) >= 11 is 5.99. The van der Waals surface area contributed by atoms with E-state index in [4.69, 9.17) is 20.9 Å². The van der Waals surface area contributed by atoms with Crippen LogP contribution in [0, 0.1) is 13.8 Å². The quantitative estimate of drug-likeness (QED) is 0.685. The van der Waals surface area contributed by atoms with Crippen LogP contribution in [0.3, 0.4) is 0 Å². The molecular formula is C20H19ClN2O3. The van der Waals surface area contributed by atoms with Crippen LogP contribution >= 0.6 is 11.6 Å². The number of ether oxygens (including phenoxy) is 1. The van der Waals surface area contributed by atoms with E-state index in [0.29, 0.717) is 16.5 Å². The predicted octanol–water partition coefficient (Wildman–Crippen LogP) is 5.02. The molecule has 2 aromatic carbocycles. The molecule has 0 radical (unpaired) electrons. The molecule has 0 fully saturated rings. The number of aryl methyl sites for hydroxylation is 2. The number of aromatic nitrogens is 1. The number of rotatable bonds is 5. The zero-order chi connectivity index (χ0) is 18.7. The van der Waals surface area contributed by atoms with Gasteiger partial charge in [-0.3, -0.25) is 10.1 Å². The second kappa shape index (κ2) is 7.62. The molecule has 0 saturated carbocycles. The maximum absolute atomic E-state index is 12.3. The average Bonchev–Trinajstić information content (AvgIpc) is 3.07. The highest BCUT2D eigenvalue weighted by Gasteiger charge is 2.17. The molecule has 0 saturated heterocycles. The molecule has 1 atom stereocenters. The molecule has 1 amide bonds. The number of nitrogens with one attached hydrogen (secondary N) is 1. The number of halogens is 1. The van der Waals surface area contributed by atoms with Crippen LogP contribution in [-0.2, 0) is 4.79 Å². The van der Waals surface area contributed by atoms with Gasteiger partial charge in [0.1, 0.15) is 11.4 Å². The van der Waals surface area contributed by atoms with Gasteiger partial charge in [-0.1, -0.05) is 46.6 Å². The largest absolute Gasteiger partial charge is 0.481 e. The monoisotopic (exact) mass is 370 g/mol. The van der Waals surface area contributed by atoms with Gasteiger partial charge in [0, 0.05) is 16.7 Å². The molecule has 1 heterocycles. The first-order valence-electron chi connectivity index (χ1n) is 8.20. The Labute approximate surface area is 156 Å². The van der Waals surface area contributed by atoms with Crippen molar-refractivity contribution >= 4 is 23.4 Å². The van der Waals surface area contributed by atoms with E-state index in [1.165, 1.54) is 0 Å². The van der Waals surface area contributed by atoms with E-state index >= 15 is 0 Å². The maximum Gasteiger partial charge on any atom is 0.267 e. The SMILES string of the molecule is Cc1ccc(-c2cc(NC(=O)[C@H](C)Oc3ccc(Cl)c(C)c3)on2)cc1. The summed E-state index contributed by atoms with van der Waals surface area (Å²) in [6.45, 7) is 5.55. The van der Waals surface area contributed by atoms with E-state index in [2.05, 4.69) is 10.5 Å². The van der Waals surface area contributed by atoms with E-state index in [1.54, 1.807) is 31.2 Å². The van der Waals surface area contributed by atoms with Crippen molar-refractivity contribution in [2.75, 3.05) is 5.32 Å². The van der Waals surface area contributed by atoms with E-state index in [9.17, 15) is 4.79 Å². The lowest BCUT2D eigenvalue weighted by molar-refractivity contribution is -0.122. The van der Waals surface area contributed by atoms with Gasteiger partial charge in [-0.2, -0.15) is 0 Å². The fraction of sp³-hybridized carbons (Fsp3) is 0.200. The van der Waals surface area contributed by atoms with Crippen molar-refractivity contribution in [2.24, 2.45) is 0 Å². The van der Waals surface area contributed by atoms with Gasteiger partial charge in [-0.25, -0.2) is 0 Å². The van der Waals surface area contributed by atoms with Gasteiger partial charge in [0.05, 0.1) is 0 Å². The van der Waals surface area contributed by atoms with Crippen LogP contribution in [0.15, 0.2) is 53.1 Å². The van der Waals surface area contributed by atoms with Crippen LogP contribution < -0.4 is 10.1 Å². The molecule has 3 rings (SSSR count). The minimum Gasteiger partial charge on any atom is -0.481 e. The van der Waals surface area contributed by atoms with Gasteiger partial charge in [0.25, 0.3) is 5.91 Å². The molecule has 134 valence electrons. The highest BCUT2D eigenvalue weighted by atomic mass is 35.5. The number of hydrogen-bond donors (Lipinski definition) is 1. The molecule has 0 aliphatic rings. The average molecular weight is 371 g/mol. The summed E-state index contributed by atoms with van der Waals surface area (Å²) in [6, 6.07) is 14.8. The van der Waals surface area contributed by atoms with Gasteiger partial charge in [0.15, 0.2) is 6.10 Å². The number of carbonyl (C=O) groups is 1. The Balaban J connectivity index is 1.64. The molecule has 0 unspecified atom stereocenters. The summed E-state index contributed by atoms with van der Waals surface area (Å²) < 4.78 is 10.9. The summed E-state index contributed by atoms with van der Waals surface area (Å²) in [7, 11) is 0. The first kappa shape index (κ1) is 18.0. The summed E-state index contributed by atoms with van der Waals surface area (Å²) in [5, 5.41) is 7.31. The van der Waals surface area contributed by atoms with Gasteiger partial charge >= 0.3 is 0 Å². The lowest BCUT2D eigenvalue weighted by Gasteiger charge is -2.14. The Morgan fingerprint density at radius 1 is 1.15 bits per heavy atom. The third kappa shape index (κ3) is 4.24. The number of hydrogen-bond acceptors (Lipinski definition) is 4. The Bertz CT molecular complexity index is 919. The zero-order valence-electron chi connectivity index (χ0n) is 14.7. The van der Waals surface area contributed by atoms with Gasteiger partial charge in [-0.05, 0) is 44.5 Å². The van der Waals surface area contributed by atoms with Crippen molar-refractivity contribution in [1.29, 1.82) is 0 Å². The zero-order valence-corrected chi connectivity index (χ0v) is 15.5. The summed E-state index contributed by atoms with van der Waals surface area (Å²) in [5.41, 5.74) is 3.62. The Morgan fingerprint density at radius 3 is 2.58 bits per heavy atom. The molecule has 3 aromatic rings. The van der Waals surface area contributed by atoms with Crippen LogP contribution in [0.1, 0.15) is 18.1 Å². The van der Waals surface area contributed by atoms with Crippen LogP contribution in [-0.4, -0.2) is 17.2 Å². The minimum atomic E-state index is -0.705. The standard InChI is InChI=1S/C20H19ClN2O3/c1-12-4-6-15(7-5-12)18-11-19(26-23-18)22-20(24)14(3)25-16-8-9-17(21)13(2)10-16/h4-11,14H,1-3H3,(H,22,24)/t14-/m0/s1. The molecule has 1 aromatic heterocycles. The smallest absolute Gasteiger partial charge is 0.267 e. The molecular weight excluding hydrogens is 352 g/mol. The Hall–Kier alpha value is -2.79. The summed E-state index contributed by atoms with van der Waals surface area (Å²) in [4.78, 5) is 12.3. The lowest BCUT2D eigenvalue weighted by Crippen LogP contribution is -2.30. The summed E-state index contributed by atoms with van der Waals surface area (Å²) in [5.74, 6) is 0.519. The van der Waals surface area contributed by atoms with Crippen molar-refractivity contribution in [3.05, 3.63) is 64.7 Å². The highest BCUT2D eigenvalue weighted by molar-refractivity contribution is 6.31. The van der Waals surface area contributed by atoms with Crippen molar-refractivity contribution in [1.82, 2.24) is 5.16 Å². The van der Waals surface area contributed by atoms with E-state index in [1.807, 2.05) is 38.1 Å². The van der Waals surface area contributed by atoms with E-state index < -0.39 is 6.10 Å². The fourth-order valence-electron chi connectivity index (χ4n) is 2.37. The second-order valence-corrected chi connectivity index (χ2v) is 6.51. The van der Waals surface area contributed by atoms with Gasteiger partial charge in [-0.15, -0.1) is 0 Å². The first-order chi connectivity index (χ1) is 12.4. The number of amides is 1. The molecule has 0 aliphatic heterocycles. The second-order valence-electron chi connectivity index (χ2n) is 6.10.